The Balaban J connectivity index is 1.48. The number of Topliss-reactive ketones (excluding diaryl/α,β-unsaturated/α-hetero) is 1. The molecule has 1 spiro atoms. The third kappa shape index (κ3) is 3.08. The predicted octanol–water partition coefficient (Wildman–Crippen LogP) is 1.52. The molecule has 0 bridgehead atoms. The summed E-state index contributed by atoms with van der Waals surface area (Å²) in [6, 6.07) is 5.31. The van der Waals surface area contributed by atoms with Crippen LogP contribution in [-0.4, -0.2) is 52.1 Å². The first-order chi connectivity index (χ1) is 11.4. The van der Waals surface area contributed by atoms with E-state index in [4.69, 9.17) is 0 Å². The number of carbonyl (C=O) groups excluding carboxylic acids is 2. The van der Waals surface area contributed by atoms with Gasteiger partial charge in [-0.25, -0.2) is 4.39 Å². The number of carbonyl (C=O) groups is 2. The quantitative estimate of drug-likeness (QED) is 0.818. The van der Waals surface area contributed by atoms with Crippen LogP contribution in [0.25, 0.3) is 0 Å². The number of amides is 1. The molecule has 130 valence electrons. The van der Waals surface area contributed by atoms with Crippen LogP contribution in [0.3, 0.4) is 0 Å². The van der Waals surface area contributed by atoms with Crippen LogP contribution in [0.1, 0.15) is 42.5 Å². The molecule has 0 aromatic heterocycles. The Morgan fingerprint density at radius 2 is 1.67 bits per heavy atom. The van der Waals surface area contributed by atoms with Gasteiger partial charge in [0.15, 0.2) is 5.78 Å². The maximum Gasteiger partial charge on any atom is 0.223 e. The number of aliphatic hydroxyl groups excluding tert-OH is 2. The molecule has 6 heteroatoms. The van der Waals surface area contributed by atoms with Crippen molar-refractivity contribution in [2.24, 2.45) is 5.41 Å². The molecule has 0 radical (unpaired) electrons. The molecule has 1 aliphatic carbocycles. The minimum atomic E-state index is -0.482. The summed E-state index contributed by atoms with van der Waals surface area (Å²) in [5.41, 5.74) is -0.0386. The summed E-state index contributed by atoms with van der Waals surface area (Å²) in [7, 11) is 0. The molecule has 2 fully saturated rings. The van der Waals surface area contributed by atoms with Crippen molar-refractivity contribution in [1.82, 2.24) is 4.90 Å². The SMILES string of the molecule is O=C(CCC(=O)N1CCC2(CC1)C(O)CC2O)c1ccc(F)cc1. The second-order valence-electron chi connectivity index (χ2n) is 6.81. The molecule has 1 amide bonds. The number of aliphatic hydroxyl groups is 2. The van der Waals surface area contributed by atoms with Gasteiger partial charge in [-0.3, -0.25) is 9.59 Å². The monoisotopic (exact) mass is 335 g/mol. The lowest BCUT2D eigenvalue weighted by molar-refractivity contribution is -0.191. The number of ketones is 1. The summed E-state index contributed by atoms with van der Waals surface area (Å²) < 4.78 is 12.9. The normalized spacial score (nSPS) is 25.4. The highest BCUT2D eigenvalue weighted by Crippen LogP contribution is 2.49. The van der Waals surface area contributed by atoms with Crippen molar-refractivity contribution in [3.8, 4) is 0 Å². The average molecular weight is 335 g/mol. The van der Waals surface area contributed by atoms with Crippen molar-refractivity contribution >= 4 is 11.7 Å². The van der Waals surface area contributed by atoms with E-state index in [1.807, 2.05) is 0 Å². The van der Waals surface area contributed by atoms with Crippen molar-refractivity contribution in [2.45, 2.75) is 44.3 Å². The fourth-order valence-electron chi connectivity index (χ4n) is 3.74. The molecule has 1 aromatic rings. The highest BCUT2D eigenvalue weighted by atomic mass is 19.1. The molecule has 24 heavy (non-hydrogen) atoms. The molecular formula is C18H22FNO4. The Bertz CT molecular complexity index is 612. The highest BCUT2D eigenvalue weighted by molar-refractivity contribution is 5.97. The van der Waals surface area contributed by atoms with Crippen LogP contribution in [0.4, 0.5) is 4.39 Å². The van der Waals surface area contributed by atoms with E-state index in [1.165, 1.54) is 24.3 Å². The maximum atomic E-state index is 12.9. The summed E-state index contributed by atoms with van der Waals surface area (Å²) in [5, 5.41) is 19.8. The number of hydrogen-bond acceptors (Lipinski definition) is 4. The van der Waals surface area contributed by atoms with E-state index in [9.17, 15) is 24.2 Å². The number of rotatable bonds is 4. The lowest BCUT2D eigenvalue weighted by atomic mass is 9.58. The first-order valence-electron chi connectivity index (χ1n) is 8.35. The van der Waals surface area contributed by atoms with Crippen molar-refractivity contribution in [3.63, 3.8) is 0 Å². The Labute approximate surface area is 140 Å². The number of halogens is 1. The van der Waals surface area contributed by atoms with Crippen LogP contribution in [0, 0.1) is 11.2 Å². The fourth-order valence-corrected chi connectivity index (χ4v) is 3.74. The Kier molecular flexibility index (Phi) is 4.69. The first-order valence-corrected chi connectivity index (χ1v) is 8.35. The van der Waals surface area contributed by atoms with Gasteiger partial charge in [0.1, 0.15) is 5.82 Å². The van der Waals surface area contributed by atoms with Gasteiger partial charge in [-0.05, 0) is 37.1 Å². The third-order valence-corrected chi connectivity index (χ3v) is 5.55. The molecule has 2 aliphatic rings. The minimum absolute atomic E-state index is 0.0939. The largest absolute Gasteiger partial charge is 0.392 e. The van der Waals surface area contributed by atoms with Crippen LogP contribution in [0.15, 0.2) is 24.3 Å². The molecule has 2 unspecified atom stereocenters. The van der Waals surface area contributed by atoms with Crippen LogP contribution in [-0.2, 0) is 4.79 Å². The van der Waals surface area contributed by atoms with Crippen molar-refractivity contribution in [3.05, 3.63) is 35.6 Å². The fraction of sp³-hybridized carbons (Fsp3) is 0.556. The van der Waals surface area contributed by atoms with E-state index in [0.29, 0.717) is 37.9 Å². The summed E-state index contributed by atoms with van der Waals surface area (Å²) in [5.74, 6) is -0.671. The molecule has 5 nitrogen and oxygen atoms in total. The summed E-state index contributed by atoms with van der Waals surface area (Å²) in [6.07, 6.45) is 0.848. The standard InChI is InChI=1S/C18H22FNO4/c19-13-3-1-12(2-4-13)14(21)5-6-17(24)20-9-7-18(8-10-20)15(22)11-16(18)23/h1-4,15-16,22-23H,5-11H2. The van der Waals surface area contributed by atoms with Gasteiger partial charge < -0.3 is 15.1 Å². The van der Waals surface area contributed by atoms with Crippen LogP contribution in [0.5, 0.6) is 0 Å². The van der Waals surface area contributed by atoms with Crippen molar-refractivity contribution in [1.29, 1.82) is 0 Å². The average Bonchev–Trinajstić information content (AvgIpc) is 2.60. The van der Waals surface area contributed by atoms with E-state index in [0.717, 1.165) is 0 Å². The zero-order valence-corrected chi connectivity index (χ0v) is 13.4. The topological polar surface area (TPSA) is 77.8 Å². The number of likely N-dealkylation sites (tertiary alicyclic amines) is 1. The van der Waals surface area contributed by atoms with E-state index in [1.54, 1.807) is 4.90 Å². The van der Waals surface area contributed by atoms with Gasteiger partial charge in [0.25, 0.3) is 0 Å². The number of benzene rings is 1. The maximum absolute atomic E-state index is 12.9. The second-order valence-corrected chi connectivity index (χ2v) is 6.81. The number of hydrogen-bond donors (Lipinski definition) is 2. The molecule has 2 atom stereocenters. The van der Waals surface area contributed by atoms with E-state index >= 15 is 0 Å². The lowest BCUT2D eigenvalue weighted by Gasteiger charge is -2.55. The summed E-state index contributed by atoms with van der Waals surface area (Å²) in [4.78, 5) is 26.0. The second kappa shape index (κ2) is 6.61. The van der Waals surface area contributed by atoms with E-state index in [-0.39, 0.29) is 24.5 Å². The minimum Gasteiger partial charge on any atom is -0.392 e. The molecule has 2 N–H and O–H groups in total. The molecule has 3 rings (SSSR count). The molecule has 1 saturated carbocycles. The van der Waals surface area contributed by atoms with E-state index in [2.05, 4.69) is 0 Å². The lowest BCUT2D eigenvalue weighted by Crippen LogP contribution is -2.61. The smallest absolute Gasteiger partial charge is 0.223 e. The van der Waals surface area contributed by atoms with E-state index < -0.39 is 23.4 Å². The highest BCUT2D eigenvalue weighted by Gasteiger charge is 2.55. The van der Waals surface area contributed by atoms with Gasteiger partial charge in [0, 0.05) is 43.3 Å². The predicted molar refractivity (Wildman–Crippen MR) is 84.8 cm³/mol. The zero-order valence-electron chi connectivity index (χ0n) is 13.4. The van der Waals surface area contributed by atoms with Crippen LogP contribution < -0.4 is 0 Å². The van der Waals surface area contributed by atoms with Gasteiger partial charge in [0.2, 0.25) is 5.91 Å². The molecule has 1 aliphatic heterocycles. The van der Waals surface area contributed by atoms with Gasteiger partial charge in [0.05, 0.1) is 12.2 Å². The van der Waals surface area contributed by atoms with Crippen LogP contribution in [0.2, 0.25) is 0 Å². The molecule has 1 saturated heterocycles. The number of nitrogens with zero attached hydrogens (tertiary/aromatic N) is 1. The van der Waals surface area contributed by atoms with Gasteiger partial charge in [-0.15, -0.1) is 0 Å². The van der Waals surface area contributed by atoms with Crippen molar-refractivity contribution < 1.29 is 24.2 Å². The number of piperidine rings is 1. The third-order valence-electron chi connectivity index (χ3n) is 5.55. The van der Waals surface area contributed by atoms with Gasteiger partial charge >= 0.3 is 0 Å². The zero-order chi connectivity index (χ0) is 17.3. The molecular weight excluding hydrogens is 313 g/mol. The Morgan fingerprint density at radius 1 is 1.08 bits per heavy atom. The first kappa shape index (κ1) is 17.0. The summed E-state index contributed by atoms with van der Waals surface area (Å²) >= 11 is 0. The Morgan fingerprint density at radius 3 is 2.21 bits per heavy atom. The van der Waals surface area contributed by atoms with Gasteiger partial charge in [-0.1, -0.05) is 0 Å². The summed E-state index contributed by atoms with van der Waals surface area (Å²) in [6.45, 7) is 0.995. The van der Waals surface area contributed by atoms with Crippen molar-refractivity contribution in [2.75, 3.05) is 13.1 Å². The molecule has 1 aromatic carbocycles. The Hall–Kier alpha value is -1.79. The molecule has 1 heterocycles. The van der Waals surface area contributed by atoms with Gasteiger partial charge in [-0.2, -0.15) is 0 Å². The van der Waals surface area contributed by atoms with Crippen LogP contribution >= 0.6 is 0 Å².